The lowest BCUT2D eigenvalue weighted by atomic mass is 10.2. The van der Waals surface area contributed by atoms with E-state index in [1.165, 1.54) is 6.07 Å². The van der Waals surface area contributed by atoms with Gasteiger partial charge in [0.1, 0.15) is 11.7 Å². The van der Waals surface area contributed by atoms with Gasteiger partial charge in [-0.25, -0.2) is 0 Å². The van der Waals surface area contributed by atoms with Crippen LogP contribution in [-0.2, 0) is 11.3 Å². The zero-order valence-corrected chi connectivity index (χ0v) is 11.4. The van der Waals surface area contributed by atoms with E-state index in [9.17, 15) is 18.0 Å². The van der Waals surface area contributed by atoms with Crippen molar-refractivity contribution in [2.45, 2.75) is 31.7 Å². The van der Waals surface area contributed by atoms with E-state index in [4.69, 9.17) is 4.74 Å². The van der Waals surface area contributed by atoms with Crippen LogP contribution in [0.5, 0.6) is 0 Å². The Kier molecular flexibility index (Phi) is 3.31. The lowest BCUT2D eigenvalue weighted by molar-refractivity contribution is -0.158. The number of aromatic nitrogens is 2. The number of amides is 1. The molecule has 0 aromatic carbocycles. The van der Waals surface area contributed by atoms with Crippen molar-refractivity contribution < 1.29 is 22.7 Å². The van der Waals surface area contributed by atoms with Crippen molar-refractivity contribution in [1.82, 2.24) is 15.1 Å². The number of carbonyl (C=O) groups excluding carboxylic acids is 1. The summed E-state index contributed by atoms with van der Waals surface area (Å²) >= 11 is 0. The predicted molar refractivity (Wildman–Crippen MR) is 67.2 cm³/mol. The lowest BCUT2D eigenvalue weighted by Crippen LogP contribution is -2.52. The first-order valence-electron chi connectivity index (χ1n) is 6.66. The summed E-state index contributed by atoms with van der Waals surface area (Å²) in [6.07, 6.45) is -4.48. The molecule has 3 rings (SSSR count). The number of anilines is 1. The first kappa shape index (κ1) is 14.2. The Morgan fingerprint density at radius 3 is 2.90 bits per heavy atom. The molecule has 1 N–H and O–H groups in total. The van der Waals surface area contributed by atoms with Crippen LogP contribution in [0, 0.1) is 0 Å². The molecule has 1 aromatic heterocycles. The number of morpholine rings is 1. The van der Waals surface area contributed by atoms with Gasteiger partial charge in [-0.1, -0.05) is 0 Å². The summed E-state index contributed by atoms with van der Waals surface area (Å²) in [7, 11) is 0. The van der Waals surface area contributed by atoms with Crippen LogP contribution in [0.4, 0.5) is 19.0 Å². The second-order valence-electron chi connectivity index (χ2n) is 5.25. The van der Waals surface area contributed by atoms with E-state index < -0.39 is 24.7 Å². The summed E-state index contributed by atoms with van der Waals surface area (Å²) in [6, 6.07) is -0.298. The molecular weight excluding hydrogens is 289 g/mol. The largest absolute Gasteiger partial charge is 0.410 e. The summed E-state index contributed by atoms with van der Waals surface area (Å²) in [5, 5.41) is 6.14. The fourth-order valence-corrected chi connectivity index (χ4v) is 2.57. The normalized spacial score (nSPS) is 26.5. The van der Waals surface area contributed by atoms with Crippen LogP contribution in [0.25, 0.3) is 0 Å². The monoisotopic (exact) mass is 304 g/mol. The molecule has 1 saturated heterocycles. The Morgan fingerprint density at radius 2 is 2.24 bits per heavy atom. The van der Waals surface area contributed by atoms with Gasteiger partial charge in [0.2, 0.25) is 0 Å². The molecule has 2 aliphatic rings. The zero-order valence-electron chi connectivity index (χ0n) is 11.4. The maximum atomic E-state index is 12.7. The van der Waals surface area contributed by atoms with Crippen LogP contribution in [0.1, 0.15) is 17.4 Å². The highest BCUT2D eigenvalue weighted by Gasteiger charge is 2.44. The van der Waals surface area contributed by atoms with Crippen molar-refractivity contribution in [1.29, 1.82) is 0 Å². The standard InChI is InChI=1S/C12H15F3N4O2/c1-7-6-21-3-2-18(7)10-4-8-11(20)16-9(12(13,14)15)5-19(8)17-10/h4,7,9H,2-3,5-6H2,1H3,(H,16,20)/t7-,9+/m1/s1. The van der Waals surface area contributed by atoms with E-state index in [2.05, 4.69) is 5.10 Å². The van der Waals surface area contributed by atoms with E-state index >= 15 is 0 Å². The predicted octanol–water partition coefficient (Wildman–Crippen LogP) is 0.782. The van der Waals surface area contributed by atoms with Crippen LogP contribution >= 0.6 is 0 Å². The van der Waals surface area contributed by atoms with Gasteiger partial charge < -0.3 is 15.0 Å². The quantitative estimate of drug-likeness (QED) is 0.833. The highest BCUT2D eigenvalue weighted by atomic mass is 19.4. The number of alkyl halides is 3. The average Bonchev–Trinajstić information content (AvgIpc) is 2.82. The molecule has 21 heavy (non-hydrogen) atoms. The third kappa shape index (κ3) is 2.57. The van der Waals surface area contributed by atoms with Crippen molar-refractivity contribution in [3.05, 3.63) is 11.8 Å². The molecule has 0 aliphatic carbocycles. The van der Waals surface area contributed by atoms with Gasteiger partial charge in [-0.05, 0) is 6.92 Å². The number of nitrogens with one attached hydrogen (secondary N) is 1. The van der Waals surface area contributed by atoms with E-state index in [0.717, 1.165) is 4.68 Å². The third-order valence-electron chi connectivity index (χ3n) is 3.72. The van der Waals surface area contributed by atoms with Crippen LogP contribution in [0.3, 0.4) is 0 Å². The SMILES string of the molecule is C[C@@H]1COCCN1c1cc2n(n1)C[C@@H](C(F)(F)F)NC2=O. The molecule has 2 aliphatic heterocycles. The van der Waals surface area contributed by atoms with Gasteiger partial charge in [0.05, 0.1) is 25.8 Å². The molecule has 1 amide bonds. The molecule has 116 valence electrons. The minimum Gasteiger partial charge on any atom is -0.377 e. The minimum absolute atomic E-state index is 0.0668. The van der Waals surface area contributed by atoms with Crippen molar-refractivity contribution in [2.75, 3.05) is 24.7 Å². The number of nitrogens with zero attached hydrogens (tertiary/aromatic N) is 3. The summed E-state index contributed by atoms with van der Waals surface area (Å²) < 4.78 is 44.7. The number of hydrogen-bond acceptors (Lipinski definition) is 4. The molecular formula is C12H15F3N4O2. The van der Waals surface area contributed by atoms with Crippen molar-refractivity contribution in [2.24, 2.45) is 0 Å². The Balaban J connectivity index is 1.87. The number of carbonyl (C=O) groups is 1. The third-order valence-corrected chi connectivity index (χ3v) is 3.72. The molecule has 0 radical (unpaired) electrons. The second-order valence-corrected chi connectivity index (χ2v) is 5.25. The lowest BCUT2D eigenvalue weighted by Gasteiger charge is -2.33. The first-order valence-corrected chi connectivity index (χ1v) is 6.66. The van der Waals surface area contributed by atoms with Crippen LogP contribution in [0.15, 0.2) is 6.07 Å². The van der Waals surface area contributed by atoms with E-state index in [1.807, 2.05) is 17.1 Å². The van der Waals surface area contributed by atoms with Crippen molar-refractivity contribution in [3.8, 4) is 0 Å². The number of rotatable bonds is 1. The second kappa shape index (κ2) is 4.90. The van der Waals surface area contributed by atoms with E-state index in [-0.39, 0.29) is 11.7 Å². The maximum Gasteiger partial charge on any atom is 0.410 e. The Bertz CT molecular complexity index is 557. The molecule has 1 aromatic rings. The van der Waals surface area contributed by atoms with Gasteiger partial charge in [0.15, 0.2) is 5.82 Å². The molecule has 0 bridgehead atoms. The smallest absolute Gasteiger partial charge is 0.377 e. The highest BCUT2D eigenvalue weighted by molar-refractivity contribution is 5.94. The van der Waals surface area contributed by atoms with E-state index in [1.54, 1.807) is 0 Å². The number of halogens is 3. The summed E-state index contributed by atoms with van der Waals surface area (Å²) in [4.78, 5) is 13.7. The summed E-state index contributed by atoms with van der Waals surface area (Å²) in [6.45, 7) is 3.20. The fraction of sp³-hybridized carbons (Fsp3) is 0.667. The molecule has 1 fully saturated rings. The molecule has 0 spiro atoms. The molecule has 3 heterocycles. The topological polar surface area (TPSA) is 59.4 Å². The Hall–Kier alpha value is -1.77. The van der Waals surface area contributed by atoms with Gasteiger partial charge in [-0.2, -0.15) is 18.3 Å². The number of hydrogen-bond donors (Lipinski definition) is 1. The van der Waals surface area contributed by atoms with Crippen molar-refractivity contribution in [3.63, 3.8) is 0 Å². The molecule has 0 unspecified atom stereocenters. The molecule has 9 heteroatoms. The number of fused-ring (bicyclic) bond motifs is 1. The van der Waals surface area contributed by atoms with Gasteiger partial charge in [0, 0.05) is 12.6 Å². The van der Waals surface area contributed by atoms with Crippen LogP contribution in [0.2, 0.25) is 0 Å². The van der Waals surface area contributed by atoms with E-state index in [0.29, 0.717) is 25.6 Å². The Labute approximate surface area is 118 Å². The van der Waals surface area contributed by atoms with Gasteiger partial charge >= 0.3 is 6.18 Å². The zero-order chi connectivity index (χ0) is 15.2. The molecule has 6 nitrogen and oxygen atoms in total. The summed E-state index contributed by atoms with van der Waals surface area (Å²) in [5.41, 5.74) is 0.157. The molecule has 0 saturated carbocycles. The minimum atomic E-state index is -4.48. The van der Waals surface area contributed by atoms with Crippen molar-refractivity contribution >= 4 is 11.7 Å². The van der Waals surface area contributed by atoms with Gasteiger partial charge in [-0.15, -0.1) is 0 Å². The summed E-state index contributed by atoms with van der Waals surface area (Å²) in [5.74, 6) is -0.234. The van der Waals surface area contributed by atoms with Crippen LogP contribution in [-0.4, -0.2) is 53.7 Å². The average molecular weight is 304 g/mol. The fourth-order valence-electron chi connectivity index (χ4n) is 2.57. The maximum absolute atomic E-state index is 12.7. The highest BCUT2D eigenvalue weighted by Crippen LogP contribution is 2.27. The van der Waals surface area contributed by atoms with Gasteiger partial charge in [-0.3, -0.25) is 9.48 Å². The van der Waals surface area contributed by atoms with Gasteiger partial charge in [0.25, 0.3) is 5.91 Å². The number of ether oxygens (including phenoxy) is 1. The first-order chi connectivity index (χ1) is 9.86. The van der Waals surface area contributed by atoms with Crippen LogP contribution < -0.4 is 10.2 Å². The Morgan fingerprint density at radius 1 is 1.48 bits per heavy atom. The molecule has 2 atom stereocenters.